The Morgan fingerprint density at radius 3 is 2.91 bits per heavy atom. The maximum atomic E-state index is 12.5. The molecule has 3 rings (SSSR count). The van der Waals surface area contributed by atoms with E-state index < -0.39 is 0 Å². The van der Waals surface area contributed by atoms with Gasteiger partial charge in [0.25, 0.3) is 0 Å². The van der Waals surface area contributed by atoms with Crippen LogP contribution in [0.15, 0.2) is 16.9 Å². The first-order valence-corrected chi connectivity index (χ1v) is 7.31. The van der Waals surface area contributed by atoms with Crippen molar-refractivity contribution in [1.82, 2.24) is 24.5 Å². The van der Waals surface area contributed by atoms with Gasteiger partial charge in [0.2, 0.25) is 5.91 Å². The molecule has 0 N–H and O–H groups in total. The fraction of sp³-hybridized carbons (Fsp3) is 0.533. The molecule has 0 saturated carbocycles. The van der Waals surface area contributed by atoms with E-state index in [-0.39, 0.29) is 11.8 Å². The predicted molar refractivity (Wildman–Crippen MR) is 80.0 cm³/mol. The highest BCUT2D eigenvalue weighted by atomic mass is 16.5. The van der Waals surface area contributed by atoms with E-state index in [4.69, 9.17) is 4.52 Å². The summed E-state index contributed by atoms with van der Waals surface area (Å²) >= 11 is 0. The van der Waals surface area contributed by atoms with Crippen molar-refractivity contribution in [3.63, 3.8) is 0 Å². The van der Waals surface area contributed by atoms with Crippen molar-refractivity contribution in [1.29, 1.82) is 0 Å². The Kier molecular flexibility index (Phi) is 3.74. The molecule has 1 unspecified atom stereocenters. The molecule has 1 aliphatic rings. The molecule has 22 heavy (non-hydrogen) atoms. The first kappa shape index (κ1) is 14.8. The zero-order valence-corrected chi connectivity index (χ0v) is 13.4. The second-order valence-electron chi connectivity index (χ2n) is 6.07. The minimum atomic E-state index is -0.195. The van der Waals surface area contributed by atoms with Crippen LogP contribution in [0.5, 0.6) is 0 Å². The topological polar surface area (TPSA) is 67.4 Å². The zero-order valence-electron chi connectivity index (χ0n) is 13.4. The summed E-state index contributed by atoms with van der Waals surface area (Å²) in [6.45, 7) is 3.92. The molecule has 0 bridgehead atoms. The summed E-state index contributed by atoms with van der Waals surface area (Å²) in [6.07, 6.45) is 1.78. The van der Waals surface area contributed by atoms with Gasteiger partial charge in [0.05, 0.1) is 29.3 Å². The fourth-order valence-corrected chi connectivity index (χ4v) is 3.03. The van der Waals surface area contributed by atoms with Gasteiger partial charge < -0.3 is 14.0 Å². The van der Waals surface area contributed by atoms with Crippen LogP contribution in [0.4, 0.5) is 0 Å². The monoisotopic (exact) mass is 303 g/mol. The lowest BCUT2D eigenvalue weighted by molar-refractivity contribution is -0.131. The van der Waals surface area contributed by atoms with Gasteiger partial charge >= 0.3 is 0 Å². The SMILES string of the molecule is Cc1cc(CN2Cc3ncn(C)c3C(C(=O)N(C)C)C2)no1. The van der Waals surface area contributed by atoms with Crippen molar-refractivity contribution in [3.8, 4) is 0 Å². The van der Waals surface area contributed by atoms with Crippen molar-refractivity contribution in [2.75, 3.05) is 20.6 Å². The van der Waals surface area contributed by atoms with Crippen LogP contribution in [0, 0.1) is 6.92 Å². The molecule has 2 aromatic rings. The third-order valence-corrected chi connectivity index (χ3v) is 4.01. The van der Waals surface area contributed by atoms with Crippen molar-refractivity contribution in [3.05, 3.63) is 35.2 Å². The number of carbonyl (C=O) groups is 1. The number of amides is 1. The summed E-state index contributed by atoms with van der Waals surface area (Å²) in [7, 11) is 5.52. The maximum Gasteiger partial charge on any atom is 0.232 e. The summed E-state index contributed by atoms with van der Waals surface area (Å²) in [5.41, 5.74) is 2.87. The van der Waals surface area contributed by atoms with Gasteiger partial charge in [-0.05, 0) is 6.92 Å². The Balaban J connectivity index is 1.86. The predicted octanol–water partition coefficient (Wildman–Crippen LogP) is 0.904. The Bertz CT molecular complexity index is 688. The number of hydrogen-bond donors (Lipinski definition) is 0. The number of fused-ring (bicyclic) bond motifs is 1. The Hall–Kier alpha value is -2.15. The highest BCUT2D eigenvalue weighted by molar-refractivity contribution is 5.83. The summed E-state index contributed by atoms with van der Waals surface area (Å²) in [6, 6.07) is 1.93. The number of nitrogens with zero attached hydrogens (tertiary/aromatic N) is 5. The first-order chi connectivity index (χ1) is 10.5. The van der Waals surface area contributed by atoms with E-state index >= 15 is 0 Å². The third-order valence-electron chi connectivity index (χ3n) is 4.01. The van der Waals surface area contributed by atoms with Gasteiger partial charge in [-0.2, -0.15) is 0 Å². The summed E-state index contributed by atoms with van der Waals surface area (Å²) in [5.74, 6) is 0.705. The largest absolute Gasteiger partial charge is 0.361 e. The van der Waals surface area contributed by atoms with Crippen molar-refractivity contribution >= 4 is 5.91 Å². The minimum Gasteiger partial charge on any atom is -0.361 e. The standard InChI is InChI=1S/C15H21N5O2/c1-10-5-11(17-22-10)6-20-7-12(15(21)18(2)3)14-13(8-20)16-9-19(14)4/h5,9,12H,6-8H2,1-4H3. The second kappa shape index (κ2) is 5.57. The molecule has 3 heterocycles. The highest BCUT2D eigenvalue weighted by Gasteiger charge is 2.34. The molecule has 1 aliphatic heterocycles. The molecule has 0 radical (unpaired) electrons. The maximum absolute atomic E-state index is 12.5. The van der Waals surface area contributed by atoms with Crippen LogP contribution in [-0.4, -0.2) is 51.1 Å². The van der Waals surface area contributed by atoms with Gasteiger partial charge in [0, 0.05) is 46.8 Å². The van der Waals surface area contributed by atoms with Gasteiger partial charge in [0.15, 0.2) is 0 Å². The minimum absolute atomic E-state index is 0.103. The quantitative estimate of drug-likeness (QED) is 0.843. The van der Waals surface area contributed by atoms with E-state index in [1.807, 2.05) is 24.6 Å². The Labute approximate surface area is 129 Å². The number of imidazole rings is 1. The molecule has 0 saturated heterocycles. The molecule has 118 valence electrons. The van der Waals surface area contributed by atoms with Crippen molar-refractivity contribution in [2.24, 2.45) is 7.05 Å². The first-order valence-electron chi connectivity index (χ1n) is 7.31. The molecule has 0 aliphatic carbocycles. The summed E-state index contributed by atoms with van der Waals surface area (Å²) in [4.78, 5) is 20.8. The van der Waals surface area contributed by atoms with E-state index in [1.54, 1.807) is 25.3 Å². The number of likely N-dealkylation sites (N-methyl/N-ethyl adjacent to an activating group) is 1. The number of rotatable bonds is 3. The number of aromatic nitrogens is 3. The van der Waals surface area contributed by atoms with E-state index in [0.29, 0.717) is 13.1 Å². The van der Waals surface area contributed by atoms with Gasteiger partial charge in [-0.3, -0.25) is 9.69 Å². The molecule has 1 atom stereocenters. The molecule has 2 aromatic heterocycles. The Morgan fingerprint density at radius 1 is 1.50 bits per heavy atom. The number of aryl methyl sites for hydroxylation is 2. The van der Waals surface area contributed by atoms with Crippen LogP contribution >= 0.6 is 0 Å². The number of carbonyl (C=O) groups excluding carboxylic acids is 1. The summed E-state index contributed by atoms with van der Waals surface area (Å²) in [5, 5.41) is 4.04. The third kappa shape index (κ3) is 2.64. The molecule has 0 spiro atoms. The van der Waals surface area contributed by atoms with Crippen LogP contribution in [0.3, 0.4) is 0 Å². The lowest BCUT2D eigenvalue weighted by Gasteiger charge is -2.32. The van der Waals surface area contributed by atoms with Gasteiger partial charge in [0.1, 0.15) is 5.76 Å². The molecule has 7 nitrogen and oxygen atoms in total. The van der Waals surface area contributed by atoms with Crippen LogP contribution in [0.25, 0.3) is 0 Å². The van der Waals surface area contributed by atoms with E-state index in [0.717, 1.165) is 29.4 Å². The second-order valence-corrected chi connectivity index (χ2v) is 6.07. The lowest BCUT2D eigenvalue weighted by Crippen LogP contribution is -2.41. The smallest absolute Gasteiger partial charge is 0.232 e. The van der Waals surface area contributed by atoms with Gasteiger partial charge in [-0.25, -0.2) is 4.98 Å². The van der Waals surface area contributed by atoms with Crippen LogP contribution in [0.1, 0.15) is 28.8 Å². The van der Waals surface area contributed by atoms with E-state index in [9.17, 15) is 4.79 Å². The lowest BCUT2D eigenvalue weighted by atomic mass is 9.96. The van der Waals surface area contributed by atoms with Crippen LogP contribution in [0.2, 0.25) is 0 Å². The van der Waals surface area contributed by atoms with Crippen molar-refractivity contribution < 1.29 is 9.32 Å². The molecular formula is C15H21N5O2. The molecule has 0 fully saturated rings. The van der Waals surface area contributed by atoms with Crippen LogP contribution < -0.4 is 0 Å². The fourth-order valence-electron chi connectivity index (χ4n) is 3.03. The number of hydrogen-bond acceptors (Lipinski definition) is 5. The van der Waals surface area contributed by atoms with Gasteiger partial charge in [-0.1, -0.05) is 5.16 Å². The van der Waals surface area contributed by atoms with Gasteiger partial charge in [-0.15, -0.1) is 0 Å². The van der Waals surface area contributed by atoms with E-state index in [2.05, 4.69) is 15.0 Å². The molecule has 7 heteroatoms. The molecule has 1 amide bonds. The van der Waals surface area contributed by atoms with E-state index in [1.165, 1.54) is 0 Å². The average Bonchev–Trinajstić information content (AvgIpc) is 3.04. The Morgan fingerprint density at radius 2 is 2.27 bits per heavy atom. The summed E-state index contributed by atoms with van der Waals surface area (Å²) < 4.78 is 7.08. The highest BCUT2D eigenvalue weighted by Crippen LogP contribution is 2.29. The molecular weight excluding hydrogens is 282 g/mol. The zero-order chi connectivity index (χ0) is 15.9. The normalized spacial score (nSPS) is 18.3. The van der Waals surface area contributed by atoms with Crippen LogP contribution in [-0.2, 0) is 24.9 Å². The molecule has 0 aromatic carbocycles. The van der Waals surface area contributed by atoms with Crippen molar-refractivity contribution in [2.45, 2.75) is 25.9 Å². The average molecular weight is 303 g/mol.